The molecule has 4 aromatic rings. The molecule has 1 aromatic carbocycles. The molecule has 5 rings (SSSR count). The fourth-order valence-electron chi connectivity index (χ4n) is 3.58. The minimum Gasteiger partial charge on any atom is -0.477 e. The summed E-state index contributed by atoms with van der Waals surface area (Å²) in [5.41, 5.74) is 1.12. The van der Waals surface area contributed by atoms with Gasteiger partial charge in [-0.05, 0) is 24.1 Å². The van der Waals surface area contributed by atoms with Crippen LogP contribution in [0.4, 0.5) is 0 Å². The third kappa shape index (κ3) is 2.98. The van der Waals surface area contributed by atoms with Gasteiger partial charge in [0, 0.05) is 37.1 Å². The first-order valence-electron chi connectivity index (χ1n) is 8.93. The number of halogens is 1. The second-order valence-electron chi connectivity index (χ2n) is 6.62. The van der Waals surface area contributed by atoms with Crippen LogP contribution in [0.25, 0.3) is 27.6 Å². The molecule has 1 saturated heterocycles. The van der Waals surface area contributed by atoms with Crippen LogP contribution in [0, 0.1) is 0 Å². The van der Waals surface area contributed by atoms with E-state index in [0.29, 0.717) is 29.3 Å². The summed E-state index contributed by atoms with van der Waals surface area (Å²) in [6.07, 6.45) is 3.36. The zero-order valence-corrected chi connectivity index (χ0v) is 16.6. The molecule has 29 heavy (non-hydrogen) atoms. The summed E-state index contributed by atoms with van der Waals surface area (Å²) in [6.45, 7) is 2.83. The number of aromatic nitrogens is 3. The number of pyridine rings is 2. The van der Waals surface area contributed by atoms with E-state index in [1.165, 1.54) is 24.2 Å². The van der Waals surface area contributed by atoms with Crippen molar-refractivity contribution in [2.24, 2.45) is 0 Å². The number of hydrogen-bond acceptors (Lipinski definition) is 6. The number of H-pyrrole nitrogens is 1. The minimum absolute atomic E-state index is 0.0712. The molecular weight excluding hydrogens is 416 g/mol. The van der Waals surface area contributed by atoms with Crippen molar-refractivity contribution >= 4 is 57.1 Å². The molecule has 0 atom stereocenters. The number of benzene rings is 1. The van der Waals surface area contributed by atoms with Gasteiger partial charge >= 0.3 is 5.97 Å². The van der Waals surface area contributed by atoms with Gasteiger partial charge in [-0.3, -0.25) is 9.20 Å². The monoisotopic (exact) mass is 430 g/mol. The molecule has 0 spiro atoms. The van der Waals surface area contributed by atoms with Crippen LogP contribution in [-0.4, -0.2) is 56.1 Å². The van der Waals surface area contributed by atoms with Crippen molar-refractivity contribution in [1.82, 2.24) is 18.7 Å². The number of nitrogens with zero attached hydrogens (tertiary/aromatic N) is 3. The van der Waals surface area contributed by atoms with E-state index >= 15 is 0 Å². The van der Waals surface area contributed by atoms with E-state index in [-0.39, 0.29) is 11.2 Å². The third-order valence-electron chi connectivity index (χ3n) is 4.90. The summed E-state index contributed by atoms with van der Waals surface area (Å²) in [6, 6.07) is 4.82. The maximum atomic E-state index is 12.3. The number of carboxylic acids is 1. The first-order valence-corrected chi connectivity index (χ1v) is 10.1. The molecule has 0 saturated carbocycles. The van der Waals surface area contributed by atoms with Gasteiger partial charge in [0.25, 0.3) is 0 Å². The highest BCUT2D eigenvalue weighted by Gasteiger charge is 2.22. The molecule has 1 aliphatic rings. The van der Waals surface area contributed by atoms with Crippen LogP contribution in [0.3, 0.4) is 0 Å². The average Bonchev–Trinajstić information content (AvgIpc) is 2.71. The predicted molar refractivity (Wildman–Crippen MR) is 111 cm³/mol. The zero-order valence-electron chi connectivity index (χ0n) is 15.0. The molecule has 8 nitrogen and oxygen atoms in total. The lowest BCUT2D eigenvalue weighted by Crippen LogP contribution is -2.30. The zero-order chi connectivity index (χ0) is 20.1. The van der Waals surface area contributed by atoms with Crippen LogP contribution < -0.4 is 5.43 Å². The molecular formula is C19H15ClN4O4S. The standard InChI is InChI=1S/C19H15ClN4O4S/c20-10-1-2-11-14-16(13(9-21-11)29-23-5-7-28-8-6-23)22-18-15(19(26)27)12(25)3-4-24(18)17(10)14/h1-4,9,21H,5-8H2,(H,26,27). The van der Waals surface area contributed by atoms with Crippen molar-refractivity contribution in [2.45, 2.75) is 4.90 Å². The van der Waals surface area contributed by atoms with Gasteiger partial charge < -0.3 is 14.8 Å². The average molecular weight is 431 g/mol. The Morgan fingerprint density at radius 1 is 1.28 bits per heavy atom. The number of fused-ring (bicyclic) bond motifs is 2. The Bertz CT molecular complexity index is 1340. The van der Waals surface area contributed by atoms with Gasteiger partial charge in [0.1, 0.15) is 5.56 Å². The lowest BCUT2D eigenvalue weighted by molar-refractivity contribution is 0.0697. The predicted octanol–water partition coefficient (Wildman–Crippen LogP) is 3.02. The van der Waals surface area contributed by atoms with Gasteiger partial charge in [0.05, 0.1) is 39.6 Å². The maximum Gasteiger partial charge on any atom is 0.343 e. The van der Waals surface area contributed by atoms with Crippen molar-refractivity contribution in [3.63, 3.8) is 0 Å². The van der Waals surface area contributed by atoms with Gasteiger partial charge in [0.2, 0.25) is 0 Å². The van der Waals surface area contributed by atoms with Gasteiger partial charge in [-0.15, -0.1) is 0 Å². The van der Waals surface area contributed by atoms with Gasteiger partial charge in [-0.1, -0.05) is 11.6 Å². The molecule has 3 aromatic heterocycles. The Balaban J connectivity index is 1.88. The molecule has 0 bridgehead atoms. The van der Waals surface area contributed by atoms with Crippen molar-refractivity contribution in [1.29, 1.82) is 0 Å². The number of morpholine rings is 1. The Labute approximate surface area is 173 Å². The second-order valence-corrected chi connectivity index (χ2v) is 8.16. The number of carboxylic acid groups (broad SMARTS) is 1. The van der Waals surface area contributed by atoms with E-state index in [1.807, 2.05) is 12.3 Å². The van der Waals surface area contributed by atoms with Crippen molar-refractivity contribution < 1.29 is 14.6 Å². The first kappa shape index (κ1) is 18.4. The lowest BCUT2D eigenvalue weighted by atomic mass is 10.1. The maximum absolute atomic E-state index is 12.3. The summed E-state index contributed by atoms with van der Waals surface area (Å²) in [4.78, 5) is 32.8. The number of rotatable bonds is 3. The molecule has 148 valence electrons. The summed E-state index contributed by atoms with van der Waals surface area (Å²) in [5.74, 6) is -1.32. The van der Waals surface area contributed by atoms with E-state index in [4.69, 9.17) is 16.3 Å². The minimum atomic E-state index is -1.32. The normalized spacial score (nSPS) is 15.5. The number of hydrogen-bond donors (Lipinski definition) is 2. The molecule has 2 N–H and O–H groups in total. The highest BCUT2D eigenvalue weighted by atomic mass is 35.5. The van der Waals surface area contributed by atoms with Crippen molar-refractivity contribution in [2.75, 3.05) is 26.3 Å². The van der Waals surface area contributed by atoms with E-state index in [1.54, 1.807) is 10.5 Å². The largest absolute Gasteiger partial charge is 0.477 e. The summed E-state index contributed by atoms with van der Waals surface area (Å²) >= 11 is 8.04. The second kappa shape index (κ2) is 7.03. The highest BCUT2D eigenvalue weighted by molar-refractivity contribution is 7.97. The molecule has 0 amide bonds. The van der Waals surface area contributed by atoms with Crippen LogP contribution in [0.1, 0.15) is 10.4 Å². The molecule has 0 aliphatic carbocycles. The Kier molecular flexibility index (Phi) is 4.47. The Morgan fingerprint density at radius 3 is 2.83 bits per heavy atom. The van der Waals surface area contributed by atoms with Crippen LogP contribution in [0.2, 0.25) is 5.02 Å². The van der Waals surface area contributed by atoms with Crippen LogP contribution in [0.15, 0.2) is 40.3 Å². The topological polar surface area (TPSA) is 99.9 Å². The summed E-state index contributed by atoms with van der Waals surface area (Å²) < 4.78 is 9.14. The number of nitrogens with one attached hydrogen (secondary N) is 1. The molecule has 10 heteroatoms. The van der Waals surface area contributed by atoms with Crippen LogP contribution in [0.5, 0.6) is 0 Å². The van der Waals surface area contributed by atoms with Crippen LogP contribution >= 0.6 is 23.5 Å². The number of ether oxygens (including phenoxy) is 1. The van der Waals surface area contributed by atoms with E-state index in [2.05, 4.69) is 14.3 Å². The molecule has 4 heterocycles. The summed E-state index contributed by atoms with van der Waals surface area (Å²) in [7, 11) is 0. The smallest absolute Gasteiger partial charge is 0.343 e. The molecule has 1 fully saturated rings. The Morgan fingerprint density at radius 2 is 2.07 bits per heavy atom. The summed E-state index contributed by atoms with van der Waals surface area (Å²) in [5, 5.41) is 10.8. The fourth-order valence-corrected chi connectivity index (χ4v) is 4.78. The third-order valence-corrected chi connectivity index (χ3v) is 6.34. The highest BCUT2D eigenvalue weighted by Crippen LogP contribution is 2.36. The first-order chi connectivity index (χ1) is 14.0. The SMILES string of the molecule is O=C(O)c1c(=O)ccn2c1nc1c(SN3CCOCC3)c[nH]c3ccc(Cl)c2c31. The van der Waals surface area contributed by atoms with Gasteiger partial charge in [0.15, 0.2) is 11.1 Å². The molecule has 0 radical (unpaired) electrons. The fraction of sp³-hybridized carbons (Fsp3) is 0.211. The number of carbonyl (C=O) groups is 1. The lowest BCUT2D eigenvalue weighted by Gasteiger charge is -2.25. The van der Waals surface area contributed by atoms with Gasteiger partial charge in [-0.25, -0.2) is 14.1 Å². The van der Waals surface area contributed by atoms with Crippen molar-refractivity contribution in [3.8, 4) is 0 Å². The van der Waals surface area contributed by atoms with Crippen molar-refractivity contribution in [3.05, 3.63) is 51.4 Å². The molecule has 0 unspecified atom stereocenters. The molecule has 1 aliphatic heterocycles. The van der Waals surface area contributed by atoms with E-state index in [9.17, 15) is 14.7 Å². The van der Waals surface area contributed by atoms with E-state index < -0.39 is 11.4 Å². The van der Waals surface area contributed by atoms with Gasteiger partial charge in [-0.2, -0.15) is 0 Å². The van der Waals surface area contributed by atoms with Crippen LogP contribution in [-0.2, 0) is 4.74 Å². The Hall–Kier alpha value is -2.59. The number of aromatic carboxylic acids is 1. The van der Waals surface area contributed by atoms with E-state index in [0.717, 1.165) is 28.9 Å². The number of aromatic amines is 1. The quantitative estimate of drug-likeness (QED) is 0.293.